The van der Waals surface area contributed by atoms with Crippen molar-refractivity contribution in [1.29, 1.82) is 0 Å². The number of aliphatic imine (C=N–C) groups is 2. The highest BCUT2D eigenvalue weighted by atomic mass is 16.5. The first-order chi connectivity index (χ1) is 20.4. The Balaban J connectivity index is 1.38. The van der Waals surface area contributed by atoms with Gasteiger partial charge < -0.3 is 29.5 Å². The van der Waals surface area contributed by atoms with E-state index in [1.54, 1.807) is 82.3 Å². The number of nitrogens with zero attached hydrogens (tertiary/aromatic N) is 4. The summed E-state index contributed by atoms with van der Waals surface area (Å²) in [6, 6.07) is 15.4. The minimum atomic E-state index is -0.113. The summed E-state index contributed by atoms with van der Waals surface area (Å²) < 4.78 is 15.9. The lowest BCUT2D eigenvalue weighted by Gasteiger charge is -2.31. The van der Waals surface area contributed by atoms with E-state index in [0.717, 1.165) is 44.6 Å². The fourth-order valence-electron chi connectivity index (χ4n) is 5.04. The maximum atomic E-state index is 10.8. The molecule has 3 N–H and O–H groups in total. The molecule has 3 aromatic rings. The number of hydrogen-bond donors (Lipinski definition) is 3. The molecule has 0 radical (unpaired) electrons. The van der Waals surface area contributed by atoms with Crippen molar-refractivity contribution < 1.29 is 29.5 Å². The average molecular weight is 577 g/mol. The van der Waals surface area contributed by atoms with Crippen LogP contribution in [0.3, 0.4) is 0 Å². The molecule has 1 aliphatic heterocycles. The summed E-state index contributed by atoms with van der Waals surface area (Å²) in [6.07, 6.45) is 4.85. The van der Waals surface area contributed by atoms with E-state index in [1.165, 1.54) is 0 Å². The highest BCUT2D eigenvalue weighted by molar-refractivity contribution is 5.84. The van der Waals surface area contributed by atoms with Gasteiger partial charge in [-0.2, -0.15) is 0 Å². The summed E-state index contributed by atoms with van der Waals surface area (Å²) in [6.45, 7) is 4.45. The van der Waals surface area contributed by atoms with Crippen LogP contribution in [0.5, 0.6) is 34.5 Å². The molecule has 1 fully saturated rings. The number of phenolic OH excluding ortho intramolecular Hbond substituents is 3. The van der Waals surface area contributed by atoms with Crippen LogP contribution in [0, 0.1) is 0 Å². The molecule has 4 rings (SSSR count). The first-order valence-corrected chi connectivity index (χ1v) is 14.0. The molecule has 1 aliphatic rings. The van der Waals surface area contributed by atoms with Gasteiger partial charge in [-0.15, -0.1) is 0 Å². The standard InChI is InChI=1S/C32H40N4O6/c1-40-25-6-9-29(37)23(18-25)21-33-12-4-14-35-16-17-36(32(35)28-20-27(42-3)8-11-31(28)39)15-5-13-34-22-24-19-26(41-2)7-10-30(24)38/h6-11,18-22,32,37-39H,4-5,12-17H2,1-3H3. The molecule has 0 atom stereocenters. The van der Waals surface area contributed by atoms with Gasteiger partial charge in [0, 0.05) is 68.4 Å². The molecular formula is C32H40N4O6. The Hall–Kier alpha value is -4.28. The van der Waals surface area contributed by atoms with E-state index in [4.69, 9.17) is 14.2 Å². The first kappa shape index (κ1) is 30.7. The molecule has 42 heavy (non-hydrogen) atoms. The molecule has 1 heterocycles. The van der Waals surface area contributed by atoms with Crippen LogP contribution < -0.4 is 14.2 Å². The van der Waals surface area contributed by atoms with Gasteiger partial charge >= 0.3 is 0 Å². The summed E-state index contributed by atoms with van der Waals surface area (Å²) in [7, 11) is 4.80. The van der Waals surface area contributed by atoms with Crippen molar-refractivity contribution in [3.05, 3.63) is 71.3 Å². The van der Waals surface area contributed by atoms with E-state index in [2.05, 4.69) is 19.8 Å². The third-order valence-electron chi connectivity index (χ3n) is 7.27. The Bertz CT molecular complexity index is 1300. The Morgan fingerprint density at radius 2 is 1.10 bits per heavy atom. The zero-order chi connectivity index (χ0) is 29.9. The van der Waals surface area contributed by atoms with Crippen molar-refractivity contribution in [3.8, 4) is 34.5 Å². The maximum Gasteiger partial charge on any atom is 0.124 e. The zero-order valence-electron chi connectivity index (χ0n) is 24.4. The summed E-state index contributed by atoms with van der Waals surface area (Å²) >= 11 is 0. The normalized spacial score (nSPS) is 16.0. The molecule has 10 heteroatoms. The minimum absolute atomic E-state index is 0.113. The second-order valence-electron chi connectivity index (χ2n) is 10.00. The van der Waals surface area contributed by atoms with Crippen LogP contribution in [0.2, 0.25) is 0 Å². The number of hydrogen-bond acceptors (Lipinski definition) is 10. The van der Waals surface area contributed by atoms with Crippen molar-refractivity contribution in [2.75, 3.05) is 60.6 Å². The van der Waals surface area contributed by atoms with E-state index in [1.807, 2.05) is 6.07 Å². The van der Waals surface area contributed by atoms with Gasteiger partial charge in [-0.3, -0.25) is 19.8 Å². The Kier molecular flexibility index (Phi) is 11.0. The molecule has 0 amide bonds. The Labute approximate surface area is 247 Å². The van der Waals surface area contributed by atoms with Gasteiger partial charge in [-0.1, -0.05) is 0 Å². The number of phenols is 3. The van der Waals surface area contributed by atoms with Crippen LogP contribution in [-0.2, 0) is 0 Å². The van der Waals surface area contributed by atoms with Crippen molar-refractivity contribution >= 4 is 12.4 Å². The van der Waals surface area contributed by atoms with Crippen LogP contribution in [0.1, 0.15) is 35.7 Å². The van der Waals surface area contributed by atoms with Crippen molar-refractivity contribution in [2.45, 2.75) is 19.0 Å². The van der Waals surface area contributed by atoms with E-state index in [9.17, 15) is 15.3 Å². The Morgan fingerprint density at radius 1 is 0.667 bits per heavy atom. The van der Waals surface area contributed by atoms with Gasteiger partial charge in [-0.05, 0) is 67.4 Å². The number of methoxy groups -OCH3 is 3. The van der Waals surface area contributed by atoms with Crippen molar-refractivity contribution in [1.82, 2.24) is 9.80 Å². The van der Waals surface area contributed by atoms with Gasteiger partial charge in [0.1, 0.15) is 34.5 Å². The number of rotatable bonds is 14. The van der Waals surface area contributed by atoms with Crippen molar-refractivity contribution in [2.24, 2.45) is 9.98 Å². The molecule has 0 bridgehead atoms. The topological polar surface area (TPSA) is 120 Å². The highest BCUT2D eigenvalue weighted by Crippen LogP contribution is 2.37. The van der Waals surface area contributed by atoms with Crippen molar-refractivity contribution in [3.63, 3.8) is 0 Å². The van der Waals surface area contributed by atoms with E-state index in [-0.39, 0.29) is 23.4 Å². The molecule has 224 valence electrons. The van der Waals surface area contributed by atoms with E-state index in [0.29, 0.717) is 41.5 Å². The second kappa shape index (κ2) is 15.1. The fourth-order valence-corrected chi connectivity index (χ4v) is 5.04. The third-order valence-corrected chi connectivity index (χ3v) is 7.27. The van der Waals surface area contributed by atoms with Gasteiger partial charge in [0.05, 0.1) is 27.5 Å². The second-order valence-corrected chi connectivity index (χ2v) is 10.00. The van der Waals surface area contributed by atoms with Crippen LogP contribution in [0.25, 0.3) is 0 Å². The quantitative estimate of drug-likeness (QED) is 0.190. The van der Waals surface area contributed by atoms with Crippen LogP contribution >= 0.6 is 0 Å². The summed E-state index contributed by atoms with van der Waals surface area (Å²) in [5.41, 5.74) is 2.04. The third kappa shape index (κ3) is 7.92. The van der Waals surface area contributed by atoms with E-state index >= 15 is 0 Å². The highest BCUT2D eigenvalue weighted by Gasteiger charge is 2.34. The summed E-state index contributed by atoms with van der Waals surface area (Å²) in [4.78, 5) is 13.7. The largest absolute Gasteiger partial charge is 0.508 e. The van der Waals surface area contributed by atoms with Gasteiger partial charge in [-0.25, -0.2) is 0 Å². The first-order valence-electron chi connectivity index (χ1n) is 14.0. The average Bonchev–Trinajstić information content (AvgIpc) is 3.40. The van der Waals surface area contributed by atoms with Crippen LogP contribution in [-0.4, -0.2) is 98.1 Å². The zero-order valence-corrected chi connectivity index (χ0v) is 24.4. The summed E-state index contributed by atoms with van der Waals surface area (Å²) in [5, 5.41) is 31.0. The number of benzene rings is 3. The SMILES string of the molecule is COc1ccc(O)c(C=NCCCN2CCN(CCCN=Cc3cc(OC)ccc3O)C2c2cc(OC)ccc2O)c1. The predicted octanol–water partition coefficient (Wildman–Crippen LogP) is 4.46. The molecule has 1 saturated heterocycles. The molecule has 0 spiro atoms. The smallest absolute Gasteiger partial charge is 0.124 e. The molecule has 3 aromatic carbocycles. The van der Waals surface area contributed by atoms with Gasteiger partial charge in [0.2, 0.25) is 0 Å². The predicted molar refractivity (Wildman–Crippen MR) is 164 cm³/mol. The lowest BCUT2D eigenvalue weighted by Crippen LogP contribution is -2.32. The Morgan fingerprint density at radius 3 is 1.55 bits per heavy atom. The molecule has 0 aliphatic carbocycles. The molecule has 10 nitrogen and oxygen atoms in total. The number of aromatic hydroxyl groups is 3. The van der Waals surface area contributed by atoms with Gasteiger partial charge in [0.15, 0.2) is 0 Å². The molecular weight excluding hydrogens is 536 g/mol. The molecule has 0 saturated carbocycles. The fraction of sp³-hybridized carbons (Fsp3) is 0.375. The maximum absolute atomic E-state index is 10.8. The number of ether oxygens (including phenoxy) is 3. The summed E-state index contributed by atoms with van der Waals surface area (Å²) in [5.74, 6) is 2.57. The monoisotopic (exact) mass is 576 g/mol. The van der Waals surface area contributed by atoms with Crippen LogP contribution in [0.4, 0.5) is 0 Å². The lowest BCUT2D eigenvalue weighted by atomic mass is 10.1. The molecule has 0 unspecified atom stereocenters. The minimum Gasteiger partial charge on any atom is -0.508 e. The molecule has 0 aromatic heterocycles. The van der Waals surface area contributed by atoms with E-state index < -0.39 is 0 Å². The van der Waals surface area contributed by atoms with Gasteiger partial charge in [0.25, 0.3) is 0 Å². The lowest BCUT2D eigenvalue weighted by molar-refractivity contribution is 0.133. The van der Waals surface area contributed by atoms with Crippen LogP contribution in [0.15, 0.2) is 64.6 Å².